The van der Waals surface area contributed by atoms with Crippen molar-refractivity contribution in [3.8, 4) is 11.1 Å². The van der Waals surface area contributed by atoms with E-state index >= 15 is 4.39 Å². The molecule has 0 unspecified atom stereocenters. The lowest BCUT2D eigenvalue weighted by molar-refractivity contribution is -0.138. The van der Waals surface area contributed by atoms with Gasteiger partial charge >= 0.3 is 6.18 Å². The van der Waals surface area contributed by atoms with Crippen LogP contribution < -0.4 is 20.7 Å². The van der Waals surface area contributed by atoms with Gasteiger partial charge in [0.05, 0.1) is 22.5 Å². The van der Waals surface area contributed by atoms with Gasteiger partial charge in [-0.3, -0.25) is 14.5 Å². The molecule has 0 bridgehead atoms. The zero-order valence-electron chi connectivity index (χ0n) is 23.6. The molecule has 1 amide bonds. The van der Waals surface area contributed by atoms with Crippen LogP contribution in [0.5, 0.6) is 0 Å². The van der Waals surface area contributed by atoms with E-state index in [9.17, 15) is 22.8 Å². The van der Waals surface area contributed by atoms with E-state index in [1.165, 1.54) is 24.5 Å². The third-order valence-electron chi connectivity index (χ3n) is 8.10. The summed E-state index contributed by atoms with van der Waals surface area (Å²) < 4.78 is 56.9. The van der Waals surface area contributed by atoms with Crippen LogP contribution in [-0.4, -0.2) is 71.1 Å². The minimum absolute atomic E-state index is 0.0896. The number of nitrogens with zero attached hydrogens (tertiary/aromatic N) is 5. The third-order valence-corrected chi connectivity index (χ3v) is 8.10. The summed E-state index contributed by atoms with van der Waals surface area (Å²) in [6, 6.07) is 3.20. The summed E-state index contributed by atoms with van der Waals surface area (Å²) in [5.74, 6) is -1.14. The molecule has 9 nitrogen and oxygen atoms in total. The van der Waals surface area contributed by atoms with Crippen molar-refractivity contribution in [3.05, 3.63) is 64.1 Å². The summed E-state index contributed by atoms with van der Waals surface area (Å²) in [6.07, 6.45) is 2.03. The van der Waals surface area contributed by atoms with Crippen molar-refractivity contribution in [3.63, 3.8) is 0 Å². The van der Waals surface area contributed by atoms with Crippen molar-refractivity contribution in [2.75, 3.05) is 48.3 Å². The van der Waals surface area contributed by atoms with Crippen LogP contribution in [0, 0.1) is 5.82 Å². The molecule has 0 spiro atoms. The molecule has 0 radical (unpaired) electrons. The Morgan fingerprint density at radius 2 is 1.64 bits per heavy atom. The zero-order chi connectivity index (χ0) is 30.2. The Morgan fingerprint density at radius 3 is 2.26 bits per heavy atom. The van der Waals surface area contributed by atoms with Crippen LogP contribution in [0.4, 0.5) is 34.9 Å². The number of aromatic nitrogens is 3. The van der Waals surface area contributed by atoms with Crippen LogP contribution in [0.15, 0.2) is 41.6 Å². The van der Waals surface area contributed by atoms with Gasteiger partial charge in [-0.15, -0.1) is 0 Å². The first kappa shape index (κ1) is 29.5. The number of hydrogen-bond donors (Lipinski definition) is 2. The van der Waals surface area contributed by atoms with Crippen molar-refractivity contribution in [2.45, 2.75) is 51.4 Å². The maximum absolute atomic E-state index is 15.7. The molecule has 3 aromatic rings. The Bertz CT molecular complexity index is 1490. The predicted molar refractivity (Wildman–Crippen MR) is 152 cm³/mol. The standard InChI is InChI=1S/C29H33F4N7O2/c1-17-15-40(16-18(2)38(17)3)25-11-23(30)20(19-12-35-28(36-13-19)39-7-5-4-6-8-39)9-24(25)37-27(42)21-14-34-26(41)10-22(21)29(31,32)33/h9-14,17-18H,4-8,15-16H2,1-3H3,(H,34,41)(H,37,42)/t17-,18+. The fraction of sp³-hybridized carbons (Fsp3) is 0.448. The Morgan fingerprint density at radius 1 is 1.00 bits per heavy atom. The smallest absolute Gasteiger partial charge is 0.367 e. The molecule has 42 heavy (non-hydrogen) atoms. The molecule has 0 saturated carbocycles. The second-order valence-corrected chi connectivity index (χ2v) is 11.0. The van der Waals surface area contributed by atoms with Gasteiger partial charge in [0.2, 0.25) is 11.5 Å². The van der Waals surface area contributed by atoms with Crippen LogP contribution in [-0.2, 0) is 6.18 Å². The summed E-state index contributed by atoms with van der Waals surface area (Å²) in [5.41, 5.74) is -2.20. The summed E-state index contributed by atoms with van der Waals surface area (Å²) >= 11 is 0. The molecule has 2 atom stereocenters. The average molecular weight is 588 g/mol. The molecule has 2 saturated heterocycles. The molecule has 1 aromatic carbocycles. The Hall–Kier alpha value is -4.00. The van der Waals surface area contributed by atoms with Gasteiger partial charge in [-0.1, -0.05) is 0 Å². The first-order valence-electron chi connectivity index (χ1n) is 13.9. The highest BCUT2D eigenvalue weighted by Crippen LogP contribution is 2.37. The monoisotopic (exact) mass is 587 g/mol. The highest BCUT2D eigenvalue weighted by atomic mass is 19.4. The zero-order valence-corrected chi connectivity index (χ0v) is 23.6. The third kappa shape index (κ3) is 6.10. The normalized spacial score (nSPS) is 20.1. The largest absolute Gasteiger partial charge is 0.417 e. The van der Waals surface area contributed by atoms with Gasteiger partial charge in [-0.2, -0.15) is 13.2 Å². The van der Waals surface area contributed by atoms with Crippen LogP contribution in [0.25, 0.3) is 11.1 Å². The van der Waals surface area contributed by atoms with Gasteiger partial charge in [0.1, 0.15) is 5.82 Å². The number of carbonyl (C=O) groups is 1. The number of H-pyrrole nitrogens is 1. The molecular weight excluding hydrogens is 554 g/mol. The summed E-state index contributed by atoms with van der Waals surface area (Å²) in [6.45, 7) is 6.72. The van der Waals surface area contributed by atoms with Crippen LogP contribution in [0.2, 0.25) is 0 Å². The van der Waals surface area contributed by atoms with E-state index in [1.807, 2.05) is 25.8 Å². The van der Waals surface area contributed by atoms with Crippen molar-refractivity contribution in [1.29, 1.82) is 0 Å². The van der Waals surface area contributed by atoms with Crippen LogP contribution in [0.3, 0.4) is 0 Å². The number of hydrogen-bond acceptors (Lipinski definition) is 7. The van der Waals surface area contributed by atoms with Gasteiger partial charge in [0.25, 0.3) is 5.91 Å². The molecule has 2 aliphatic heterocycles. The maximum atomic E-state index is 15.7. The number of anilines is 3. The summed E-state index contributed by atoms with van der Waals surface area (Å²) in [4.78, 5) is 42.1. The second kappa shape index (κ2) is 11.7. The molecular formula is C29H33F4N7O2. The van der Waals surface area contributed by atoms with Crippen LogP contribution >= 0.6 is 0 Å². The average Bonchev–Trinajstić information content (AvgIpc) is 2.96. The van der Waals surface area contributed by atoms with Gasteiger partial charge in [-0.25, -0.2) is 14.4 Å². The van der Waals surface area contributed by atoms with Crippen molar-refractivity contribution < 1.29 is 22.4 Å². The molecule has 2 aromatic heterocycles. The number of rotatable bonds is 5. The molecule has 5 rings (SSSR count). The fourth-order valence-corrected chi connectivity index (χ4v) is 5.55. The molecule has 4 heterocycles. The molecule has 224 valence electrons. The Balaban J connectivity index is 1.54. The first-order valence-corrected chi connectivity index (χ1v) is 13.9. The van der Waals surface area contributed by atoms with Crippen molar-refractivity contribution in [1.82, 2.24) is 19.9 Å². The van der Waals surface area contributed by atoms with E-state index in [0.717, 1.165) is 38.5 Å². The van der Waals surface area contributed by atoms with Gasteiger partial charge in [0.15, 0.2) is 0 Å². The lowest BCUT2D eigenvalue weighted by Gasteiger charge is -2.44. The number of halogens is 4. The SMILES string of the molecule is C[C@@H]1CN(c2cc(F)c(-c3cnc(N4CCCCC4)nc3)cc2NC(=O)c2c[nH]c(=O)cc2C(F)(F)F)C[C@H](C)N1C. The lowest BCUT2D eigenvalue weighted by atomic mass is 10.0. The van der Waals surface area contributed by atoms with Crippen molar-refractivity contribution in [2.24, 2.45) is 0 Å². The van der Waals surface area contributed by atoms with E-state index in [1.54, 1.807) is 0 Å². The Labute approximate surface area is 240 Å². The summed E-state index contributed by atoms with van der Waals surface area (Å²) in [7, 11) is 1.99. The van der Waals surface area contributed by atoms with E-state index in [4.69, 9.17) is 0 Å². The van der Waals surface area contributed by atoms with Gasteiger partial charge in [0, 0.05) is 74.0 Å². The predicted octanol–water partition coefficient (Wildman–Crippen LogP) is 4.76. The molecule has 2 N–H and O–H groups in total. The molecule has 2 aliphatic rings. The number of likely N-dealkylation sites (N-methyl/N-ethyl adjacent to an activating group) is 1. The molecule has 2 fully saturated rings. The molecule has 13 heteroatoms. The van der Waals surface area contributed by atoms with E-state index in [-0.39, 0.29) is 23.3 Å². The highest BCUT2D eigenvalue weighted by Gasteiger charge is 2.36. The van der Waals surface area contributed by atoms with Gasteiger partial charge in [-0.05, 0) is 52.3 Å². The maximum Gasteiger partial charge on any atom is 0.417 e. The number of benzene rings is 1. The van der Waals surface area contributed by atoms with E-state index in [0.29, 0.717) is 36.4 Å². The van der Waals surface area contributed by atoms with Gasteiger partial charge < -0.3 is 20.1 Å². The highest BCUT2D eigenvalue weighted by molar-refractivity contribution is 6.07. The quantitative estimate of drug-likeness (QED) is 0.416. The van der Waals surface area contributed by atoms with E-state index in [2.05, 4.69) is 30.1 Å². The number of aromatic amines is 1. The second-order valence-electron chi connectivity index (χ2n) is 11.0. The number of pyridine rings is 1. The number of nitrogens with one attached hydrogen (secondary N) is 2. The van der Waals surface area contributed by atoms with Crippen LogP contribution in [0.1, 0.15) is 49.0 Å². The number of alkyl halides is 3. The minimum atomic E-state index is -4.94. The number of piperazine rings is 1. The van der Waals surface area contributed by atoms with Crippen molar-refractivity contribution >= 4 is 23.2 Å². The Kier molecular flexibility index (Phi) is 8.22. The lowest BCUT2D eigenvalue weighted by Crippen LogP contribution is -2.55. The number of piperidine rings is 1. The summed E-state index contributed by atoms with van der Waals surface area (Å²) in [5, 5.41) is 2.57. The first-order chi connectivity index (χ1) is 19.9. The minimum Gasteiger partial charge on any atom is -0.367 e. The topological polar surface area (TPSA) is 97.5 Å². The number of carbonyl (C=O) groups excluding carboxylic acids is 1. The van der Waals surface area contributed by atoms with E-state index < -0.39 is 34.6 Å². The fourth-order valence-electron chi connectivity index (χ4n) is 5.55. The number of amides is 1. The molecule has 0 aliphatic carbocycles.